The number of rotatable bonds is 3. The van der Waals surface area contributed by atoms with Gasteiger partial charge in [-0.2, -0.15) is 0 Å². The van der Waals surface area contributed by atoms with Crippen molar-refractivity contribution in [2.75, 3.05) is 11.1 Å². The van der Waals surface area contributed by atoms with E-state index in [0.717, 1.165) is 27.8 Å². The molecule has 0 aliphatic heterocycles. The van der Waals surface area contributed by atoms with Crippen molar-refractivity contribution in [3.05, 3.63) is 51.6 Å². The molecular weight excluding hydrogens is 318 g/mol. The first-order valence-electron chi connectivity index (χ1n) is 6.34. The lowest BCUT2D eigenvalue weighted by Gasteiger charge is -2.10. The predicted octanol–water partition coefficient (Wildman–Crippen LogP) is 3.55. The van der Waals surface area contributed by atoms with Crippen molar-refractivity contribution >= 4 is 33.3 Å². The number of benzene rings is 1. The van der Waals surface area contributed by atoms with Crippen LogP contribution in [0.5, 0.6) is 0 Å². The molecule has 0 atom stereocenters. The molecule has 1 heterocycles. The number of nitrogens with zero attached hydrogens (tertiary/aromatic N) is 1. The lowest BCUT2D eigenvalue weighted by atomic mass is 10.1. The van der Waals surface area contributed by atoms with Crippen LogP contribution < -0.4 is 11.1 Å². The average Bonchev–Trinajstić information content (AvgIpc) is 2.43. The van der Waals surface area contributed by atoms with Crippen LogP contribution in [0.15, 0.2) is 34.8 Å². The topological polar surface area (TPSA) is 68.0 Å². The summed E-state index contributed by atoms with van der Waals surface area (Å²) >= 11 is 3.45. The molecule has 0 aliphatic rings. The summed E-state index contributed by atoms with van der Waals surface area (Å²) in [6.07, 6.45) is 0.737. The summed E-state index contributed by atoms with van der Waals surface area (Å²) in [4.78, 5) is 16.5. The maximum atomic E-state index is 12.3. The third kappa shape index (κ3) is 3.17. The van der Waals surface area contributed by atoms with Gasteiger partial charge in [-0.15, -0.1) is 0 Å². The number of hydrogen-bond donors (Lipinski definition) is 2. The minimum absolute atomic E-state index is 0.185. The fraction of sp³-hybridized carbons (Fsp3) is 0.200. The van der Waals surface area contributed by atoms with Gasteiger partial charge in [-0.3, -0.25) is 4.79 Å². The van der Waals surface area contributed by atoms with Gasteiger partial charge >= 0.3 is 0 Å². The third-order valence-corrected chi connectivity index (χ3v) is 3.90. The summed E-state index contributed by atoms with van der Waals surface area (Å²) < 4.78 is 0.957. The third-order valence-electron chi connectivity index (χ3n) is 3.04. The molecule has 5 heteroatoms. The van der Waals surface area contributed by atoms with Gasteiger partial charge in [-0.1, -0.05) is 28.9 Å². The second kappa shape index (κ2) is 6.05. The second-order valence-electron chi connectivity index (χ2n) is 4.49. The number of nitrogens with two attached hydrogens (primary N) is 1. The minimum atomic E-state index is -0.185. The number of carbonyl (C=O) groups is 1. The zero-order valence-corrected chi connectivity index (χ0v) is 13.0. The van der Waals surface area contributed by atoms with Crippen LogP contribution in [0.1, 0.15) is 28.5 Å². The van der Waals surface area contributed by atoms with E-state index in [-0.39, 0.29) is 5.91 Å². The van der Waals surface area contributed by atoms with Gasteiger partial charge < -0.3 is 11.1 Å². The van der Waals surface area contributed by atoms with E-state index >= 15 is 0 Å². The molecule has 0 fully saturated rings. The first-order chi connectivity index (χ1) is 9.51. The maximum absolute atomic E-state index is 12.3. The van der Waals surface area contributed by atoms with Crippen LogP contribution in [0.3, 0.4) is 0 Å². The first-order valence-corrected chi connectivity index (χ1v) is 7.13. The Morgan fingerprint density at radius 3 is 2.85 bits per heavy atom. The molecule has 2 rings (SSSR count). The summed E-state index contributed by atoms with van der Waals surface area (Å²) in [7, 11) is 0. The molecule has 4 nitrogen and oxygen atoms in total. The van der Waals surface area contributed by atoms with E-state index in [4.69, 9.17) is 5.73 Å². The number of aryl methyl sites for hydroxylation is 1. The number of hydrogen-bond acceptors (Lipinski definition) is 3. The molecule has 0 unspecified atom stereocenters. The van der Waals surface area contributed by atoms with Gasteiger partial charge in [-0.25, -0.2) is 4.98 Å². The van der Waals surface area contributed by atoms with E-state index < -0.39 is 0 Å². The molecule has 3 N–H and O–H groups in total. The van der Waals surface area contributed by atoms with Crippen LogP contribution in [0, 0.1) is 6.92 Å². The lowest BCUT2D eigenvalue weighted by molar-refractivity contribution is 0.102. The van der Waals surface area contributed by atoms with Crippen molar-refractivity contribution in [3.63, 3.8) is 0 Å². The van der Waals surface area contributed by atoms with Crippen molar-refractivity contribution in [3.8, 4) is 0 Å². The minimum Gasteiger partial charge on any atom is -0.384 e. The summed E-state index contributed by atoms with van der Waals surface area (Å²) in [5.74, 6) is 0.176. The zero-order chi connectivity index (χ0) is 14.7. The van der Waals surface area contributed by atoms with Crippen LogP contribution in [-0.4, -0.2) is 10.9 Å². The largest absolute Gasteiger partial charge is 0.384 e. The predicted molar refractivity (Wildman–Crippen MR) is 84.9 cm³/mol. The Morgan fingerprint density at radius 2 is 2.15 bits per heavy atom. The first kappa shape index (κ1) is 14.5. The van der Waals surface area contributed by atoms with Gasteiger partial charge in [0.05, 0.1) is 0 Å². The highest BCUT2D eigenvalue weighted by molar-refractivity contribution is 9.10. The summed E-state index contributed by atoms with van der Waals surface area (Å²) in [5, 5.41) is 2.89. The SMILES string of the molecule is CCc1cc(C(=O)Nc2cccc(Br)c2C)cc(N)n1. The highest BCUT2D eigenvalue weighted by Gasteiger charge is 2.11. The number of anilines is 2. The molecule has 0 bridgehead atoms. The quantitative estimate of drug-likeness (QED) is 0.902. The van der Waals surface area contributed by atoms with E-state index in [2.05, 4.69) is 26.2 Å². The molecular formula is C15H16BrN3O. The van der Waals surface area contributed by atoms with Crippen LogP contribution in [0.25, 0.3) is 0 Å². The van der Waals surface area contributed by atoms with Gasteiger partial charge in [-0.05, 0) is 43.2 Å². The van der Waals surface area contributed by atoms with E-state index in [1.807, 2.05) is 32.0 Å². The standard InChI is InChI=1S/C15H16BrN3O/c1-3-11-7-10(8-14(17)18-11)15(20)19-13-6-4-5-12(16)9(13)2/h4-8H,3H2,1-2H3,(H2,17,18)(H,19,20). The van der Waals surface area contributed by atoms with E-state index in [1.165, 1.54) is 0 Å². The number of nitrogen functional groups attached to an aromatic ring is 1. The van der Waals surface area contributed by atoms with Crippen molar-refractivity contribution in [1.82, 2.24) is 4.98 Å². The highest BCUT2D eigenvalue weighted by atomic mass is 79.9. The molecule has 0 radical (unpaired) electrons. The monoisotopic (exact) mass is 333 g/mol. The van der Waals surface area contributed by atoms with Gasteiger partial charge in [0, 0.05) is 21.4 Å². The summed E-state index contributed by atoms with van der Waals surface area (Å²) in [5.41, 5.74) is 8.81. The van der Waals surface area contributed by atoms with Crippen molar-refractivity contribution in [2.45, 2.75) is 20.3 Å². The van der Waals surface area contributed by atoms with Crippen LogP contribution in [-0.2, 0) is 6.42 Å². The van der Waals surface area contributed by atoms with Gasteiger partial charge in [0.25, 0.3) is 5.91 Å². The van der Waals surface area contributed by atoms with Crippen LogP contribution in [0.2, 0.25) is 0 Å². The van der Waals surface area contributed by atoms with Crippen molar-refractivity contribution in [2.24, 2.45) is 0 Å². The molecule has 0 aliphatic carbocycles. The molecule has 1 aromatic heterocycles. The molecule has 0 spiro atoms. The Labute approximate surface area is 126 Å². The zero-order valence-electron chi connectivity index (χ0n) is 11.4. The smallest absolute Gasteiger partial charge is 0.255 e. The number of aromatic nitrogens is 1. The fourth-order valence-electron chi connectivity index (χ4n) is 1.86. The Kier molecular flexibility index (Phi) is 4.39. The molecule has 1 aromatic carbocycles. The van der Waals surface area contributed by atoms with E-state index in [9.17, 15) is 4.79 Å². The van der Waals surface area contributed by atoms with Gasteiger partial charge in [0.2, 0.25) is 0 Å². The molecule has 2 aromatic rings. The summed E-state index contributed by atoms with van der Waals surface area (Å²) in [6, 6.07) is 9.03. The highest BCUT2D eigenvalue weighted by Crippen LogP contribution is 2.24. The molecule has 0 saturated carbocycles. The van der Waals surface area contributed by atoms with Crippen molar-refractivity contribution < 1.29 is 4.79 Å². The van der Waals surface area contributed by atoms with Crippen LogP contribution in [0.4, 0.5) is 11.5 Å². The summed E-state index contributed by atoms with van der Waals surface area (Å²) in [6.45, 7) is 3.92. The van der Waals surface area contributed by atoms with Gasteiger partial charge in [0.1, 0.15) is 5.82 Å². The fourth-order valence-corrected chi connectivity index (χ4v) is 2.23. The molecule has 20 heavy (non-hydrogen) atoms. The van der Waals surface area contributed by atoms with E-state index in [1.54, 1.807) is 12.1 Å². The second-order valence-corrected chi connectivity index (χ2v) is 5.35. The lowest BCUT2D eigenvalue weighted by Crippen LogP contribution is -2.14. The van der Waals surface area contributed by atoms with Crippen molar-refractivity contribution in [1.29, 1.82) is 0 Å². The Bertz CT molecular complexity index is 656. The maximum Gasteiger partial charge on any atom is 0.255 e. The number of nitrogens with one attached hydrogen (secondary N) is 1. The molecule has 1 amide bonds. The Morgan fingerprint density at radius 1 is 1.40 bits per heavy atom. The normalized spacial score (nSPS) is 10.3. The Hall–Kier alpha value is -1.88. The number of amides is 1. The van der Waals surface area contributed by atoms with Gasteiger partial charge in [0.15, 0.2) is 0 Å². The molecule has 0 saturated heterocycles. The number of pyridine rings is 1. The number of halogens is 1. The average molecular weight is 334 g/mol. The molecule has 104 valence electrons. The van der Waals surface area contributed by atoms with Crippen LogP contribution >= 0.6 is 15.9 Å². The Balaban J connectivity index is 2.28. The number of carbonyl (C=O) groups excluding carboxylic acids is 1. The van der Waals surface area contributed by atoms with E-state index in [0.29, 0.717) is 11.4 Å².